The lowest BCUT2D eigenvalue weighted by molar-refractivity contribution is 0.167. The molecule has 0 amide bonds. The summed E-state index contributed by atoms with van der Waals surface area (Å²) in [5.41, 5.74) is 2.82. The van der Waals surface area contributed by atoms with Crippen LogP contribution in [0.1, 0.15) is 103 Å². The van der Waals surface area contributed by atoms with Crippen LogP contribution in [0, 0.1) is 47.3 Å². The number of para-hydroxylation sites is 2. The van der Waals surface area contributed by atoms with E-state index in [1.54, 1.807) is 24.3 Å². The highest BCUT2D eigenvalue weighted by molar-refractivity contribution is 6.02. The zero-order valence-electron chi connectivity index (χ0n) is 37.1. The van der Waals surface area contributed by atoms with Crippen LogP contribution >= 0.6 is 0 Å². The summed E-state index contributed by atoms with van der Waals surface area (Å²) in [6, 6.07) is 18.3. The number of H-pyrrole nitrogens is 2. The van der Waals surface area contributed by atoms with Crippen molar-refractivity contribution in [2.75, 3.05) is 0 Å². The van der Waals surface area contributed by atoms with E-state index in [0.717, 1.165) is 58.4 Å². The lowest BCUT2D eigenvalue weighted by Crippen LogP contribution is -2.61. The molecule has 12 heteroatoms. The third-order valence-electron chi connectivity index (χ3n) is 18.3. The molecule has 0 spiro atoms. The van der Waals surface area contributed by atoms with E-state index < -0.39 is 0 Å². The SMILES string of the molecule is C1CCC2C3NC(NC4NC(NC5NC(NC6NC(N3)C3CCCCC63)C3CCCCC53)C3CCCCC43)C2C1.O=c1c2ccccc2[nH]c2cc3c(=O)c4ccccc4[nH]c3cc12. The van der Waals surface area contributed by atoms with Crippen molar-refractivity contribution in [3.8, 4) is 0 Å². The predicted octanol–water partition coefficient (Wildman–Crippen LogP) is 6.28. The molecule has 8 atom stereocenters. The minimum Gasteiger partial charge on any atom is -0.354 e. The van der Waals surface area contributed by atoms with Crippen molar-refractivity contribution in [2.24, 2.45) is 47.3 Å². The molecule has 2 aromatic heterocycles. The molecule has 12 nitrogen and oxygen atoms in total. The topological polar surface area (TPSA) is 162 Å². The fourth-order valence-electron chi connectivity index (χ4n) is 15.3. The van der Waals surface area contributed by atoms with E-state index in [9.17, 15) is 9.59 Å². The molecule has 10 N–H and O–H groups in total. The molecule has 64 heavy (non-hydrogen) atoms. The molecule has 0 radical (unpaired) electrons. The molecule has 14 rings (SSSR count). The fourth-order valence-corrected chi connectivity index (χ4v) is 15.3. The minimum atomic E-state index is -0.0322. The first-order valence-electron chi connectivity index (χ1n) is 25.6. The van der Waals surface area contributed by atoms with E-state index in [4.69, 9.17) is 0 Å². The standard InChI is InChI=1S/C32H56N8.C20H12N2O2/c1-2-10-18-17(9-1)25-33-26(18)38-28-21-13-5-6-14-22(21)30(35-28)40-32-24-16-8-7-15-23(24)31(36-32)39-29-20-12-4-3-11-19(20)27(34-29)37-25;23-19-11-5-1-3-7-15(11)21-17-10-14-18(9-13(17)19)22-16-8-4-2-6-12(16)20(14)24/h17-40H,1-16H2;1-10H,(H,21,23)(H,22,24). The predicted molar refractivity (Wildman–Crippen MR) is 255 cm³/mol. The second-order valence-corrected chi connectivity index (χ2v) is 21.5. The molecule has 3 aromatic carbocycles. The first-order valence-corrected chi connectivity index (χ1v) is 25.6. The summed E-state index contributed by atoms with van der Waals surface area (Å²) in [6.45, 7) is 0. The highest BCUT2D eigenvalue weighted by atomic mass is 16.1. The fraction of sp³-hybridized carbons (Fsp3) is 0.615. The van der Waals surface area contributed by atoms with Crippen molar-refractivity contribution in [2.45, 2.75) is 152 Å². The Kier molecular flexibility index (Phi) is 10.5. The Balaban J connectivity index is 0.000000147. The van der Waals surface area contributed by atoms with Crippen molar-refractivity contribution in [1.82, 2.24) is 52.5 Å². The number of aromatic nitrogens is 2. The average Bonchev–Trinajstić information content (AvgIpc) is 4.08. The van der Waals surface area contributed by atoms with Crippen LogP contribution in [0.3, 0.4) is 0 Å². The van der Waals surface area contributed by atoms with Gasteiger partial charge in [0.25, 0.3) is 0 Å². The maximum absolute atomic E-state index is 12.8. The first-order chi connectivity index (χ1) is 31.5. The van der Waals surface area contributed by atoms with Crippen LogP contribution in [-0.4, -0.2) is 59.3 Å². The first kappa shape index (κ1) is 40.5. The molecule has 5 aromatic rings. The molecule has 7 heterocycles. The van der Waals surface area contributed by atoms with Crippen LogP contribution in [0.2, 0.25) is 0 Å². The van der Waals surface area contributed by atoms with Crippen molar-refractivity contribution < 1.29 is 0 Å². The summed E-state index contributed by atoms with van der Waals surface area (Å²) in [5, 5.41) is 36.2. The number of nitrogens with one attached hydrogen (secondary N) is 10. The number of hydrogen-bond acceptors (Lipinski definition) is 10. The van der Waals surface area contributed by atoms with Gasteiger partial charge in [-0.3, -0.25) is 52.1 Å². The molecule has 9 fully saturated rings. The average molecular weight is 865 g/mol. The van der Waals surface area contributed by atoms with Gasteiger partial charge in [-0.05, 0) is 135 Å². The van der Waals surface area contributed by atoms with Crippen LogP contribution in [0.25, 0.3) is 43.6 Å². The second kappa shape index (κ2) is 16.6. The van der Waals surface area contributed by atoms with Gasteiger partial charge in [0.1, 0.15) is 0 Å². The van der Waals surface area contributed by atoms with Gasteiger partial charge < -0.3 is 9.97 Å². The maximum atomic E-state index is 12.8. The molecular formula is C52H68N10O2. The van der Waals surface area contributed by atoms with Gasteiger partial charge in [-0.15, -0.1) is 0 Å². The summed E-state index contributed by atoms with van der Waals surface area (Å²) < 4.78 is 0. The Morgan fingerprint density at radius 3 is 0.781 bits per heavy atom. The van der Waals surface area contributed by atoms with E-state index in [2.05, 4.69) is 52.5 Å². The van der Waals surface area contributed by atoms with Gasteiger partial charge in [0.15, 0.2) is 10.9 Å². The minimum absolute atomic E-state index is 0.0322. The highest BCUT2D eigenvalue weighted by Gasteiger charge is 2.54. The lowest BCUT2D eigenvalue weighted by atomic mass is 9.76. The zero-order chi connectivity index (χ0) is 42.5. The van der Waals surface area contributed by atoms with Gasteiger partial charge in [0.2, 0.25) is 0 Å². The van der Waals surface area contributed by atoms with Crippen LogP contribution in [-0.2, 0) is 0 Å². The van der Waals surface area contributed by atoms with Gasteiger partial charge in [0.05, 0.1) is 60.4 Å². The Morgan fingerprint density at radius 1 is 0.297 bits per heavy atom. The molecule has 5 saturated heterocycles. The van der Waals surface area contributed by atoms with E-state index >= 15 is 0 Å². The smallest absolute Gasteiger partial charge is 0.197 e. The van der Waals surface area contributed by atoms with Gasteiger partial charge in [-0.25, -0.2) is 0 Å². The van der Waals surface area contributed by atoms with E-state index in [1.807, 2.05) is 36.4 Å². The van der Waals surface area contributed by atoms with Gasteiger partial charge in [-0.2, -0.15) is 0 Å². The molecule has 4 saturated carbocycles. The largest absolute Gasteiger partial charge is 0.354 e. The number of fused-ring (bicyclic) bond motifs is 24. The van der Waals surface area contributed by atoms with Crippen LogP contribution in [0.5, 0.6) is 0 Å². The van der Waals surface area contributed by atoms with E-state index in [-0.39, 0.29) is 10.9 Å². The van der Waals surface area contributed by atoms with Crippen LogP contribution in [0.15, 0.2) is 70.3 Å². The Hall–Kier alpha value is -3.72. The Labute approximate surface area is 375 Å². The molecular weight excluding hydrogens is 797 g/mol. The van der Waals surface area contributed by atoms with Crippen molar-refractivity contribution in [1.29, 1.82) is 0 Å². The summed E-state index contributed by atoms with van der Waals surface area (Å²) >= 11 is 0. The van der Waals surface area contributed by atoms with Gasteiger partial charge in [0, 0.05) is 32.6 Å². The Morgan fingerprint density at radius 2 is 0.531 bits per heavy atom. The molecule has 4 aliphatic carbocycles. The molecule has 9 aliphatic rings. The van der Waals surface area contributed by atoms with E-state index in [1.165, 1.54) is 103 Å². The summed E-state index contributed by atoms with van der Waals surface area (Å²) in [5.74, 6) is 5.97. The maximum Gasteiger partial charge on any atom is 0.197 e. The third kappa shape index (κ3) is 6.92. The second-order valence-electron chi connectivity index (χ2n) is 21.5. The van der Waals surface area contributed by atoms with Crippen LogP contribution in [0.4, 0.5) is 0 Å². The van der Waals surface area contributed by atoms with Gasteiger partial charge >= 0.3 is 0 Å². The molecule has 8 unspecified atom stereocenters. The molecule has 8 bridgehead atoms. The Bertz CT molecular complexity index is 2350. The molecule has 338 valence electrons. The monoisotopic (exact) mass is 865 g/mol. The van der Waals surface area contributed by atoms with Gasteiger partial charge in [-0.1, -0.05) is 75.6 Å². The normalized spacial score (nSPS) is 40.4. The highest BCUT2D eigenvalue weighted by Crippen LogP contribution is 2.45. The van der Waals surface area contributed by atoms with Crippen molar-refractivity contribution >= 4 is 43.6 Å². The molecule has 5 aliphatic heterocycles. The third-order valence-corrected chi connectivity index (χ3v) is 18.3. The lowest BCUT2D eigenvalue weighted by Gasteiger charge is -2.35. The number of aromatic amines is 2. The number of rotatable bonds is 0. The summed E-state index contributed by atoms with van der Waals surface area (Å²) in [6.07, 6.45) is 25.6. The quantitative estimate of drug-likeness (QED) is 0.0803. The number of benzene rings is 3. The number of hydrogen-bond donors (Lipinski definition) is 10. The van der Waals surface area contributed by atoms with E-state index in [0.29, 0.717) is 81.9 Å². The van der Waals surface area contributed by atoms with Crippen molar-refractivity contribution in [3.63, 3.8) is 0 Å². The van der Waals surface area contributed by atoms with Crippen LogP contribution < -0.4 is 53.4 Å². The number of pyridine rings is 2. The summed E-state index contributed by atoms with van der Waals surface area (Å²) in [4.78, 5) is 32.1. The van der Waals surface area contributed by atoms with Crippen molar-refractivity contribution in [3.05, 3.63) is 81.1 Å². The zero-order valence-corrected chi connectivity index (χ0v) is 37.1. The summed E-state index contributed by atoms with van der Waals surface area (Å²) in [7, 11) is 0.